The third-order valence-corrected chi connectivity index (χ3v) is 3.17. The average Bonchev–Trinajstić information content (AvgIpc) is 2.14. The molecule has 0 aromatic carbocycles. The minimum atomic E-state index is -1.07. The molecule has 0 saturated heterocycles. The molecule has 1 aliphatic carbocycles. The van der Waals surface area contributed by atoms with E-state index in [0.717, 1.165) is 5.75 Å². The van der Waals surface area contributed by atoms with Gasteiger partial charge in [-0.15, -0.1) is 0 Å². The predicted molar refractivity (Wildman–Crippen MR) is 48.4 cm³/mol. The molecule has 0 heterocycles. The Morgan fingerprint density at radius 3 is 2.18 bits per heavy atom. The zero-order chi connectivity index (χ0) is 8.10. The van der Waals surface area contributed by atoms with E-state index in [1.165, 1.54) is 38.5 Å². The number of rotatable bonds is 2. The molecule has 0 spiro atoms. The molecule has 11 heavy (non-hydrogen) atoms. The van der Waals surface area contributed by atoms with Crippen LogP contribution in [0.2, 0.25) is 0 Å². The first-order chi connectivity index (χ1) is 5.29. The smallest absolute Gasteiger partial charge is 0.0890 e. The van der Waals surface area contributed by atoms with E-state index in [2.05, 4.69) is 0 Å². The lowest BCUT2D eigenvalue weighted by atomic mass is 10.0. The van der Waals surface area contributed by atoms with Gasteiger partial charge in [0, 0.05) is 5.75 Å². The second kappa shape index (κ2) is 4.88. The van der Waals surface area contributed by atoms with Gasteiger partial charge in [-0.2, -0.15) is 0 Å². The molecule has 0 aromatic heterocycles. The molecule has 0 amide bonds. The zero-order valence-electron chi connectivity index (χ0n) is 6.92. The normalized spacial score (nSPS) is 24.5. The van der Waals surface area contributed by atoms with Gasteiger partial charge in [-0.1, -0.05) is 25.7 Å². The van der Waals surface area contributed by atoms with E-state index in [1.54, 1.807) is 0 Å². The van der Waals surface area contributed by atoms with E-state index >= 15 is 0 Å². The first-order valence-electron chi connectivity index (χ1n) is 4.42. The lowest BCUT2D eigenvalue weighted by Gasteiger charge is -2.10. The molecule has 0 unspecified atom stereocenters. The highest BCUT2D eigenvalue weighted by Gasteiger charge is 2.13. The van der Waals surface area contributed by atoms with Crippen LogP contribution in [-0.2, 0) is 11.0 Å². The summed E-state index contributed by atoms with van der Waals surface area (Å²) < 4.78 is 10.7. The molecule has 0 aliphatic heterocycles. The highest BCUT2D eigenvalue weighted by atomic mass is 32.2. The molecular formula is C8H17NOS. The van der Waals surface area contributed by atoms with Gasteiger partial charge >= 0.3 is 0 Å². The lowest BCUT2D eigenvalue weighted by Crippen LogP contribution is -2.16. The van der Waals surface area contributed by atoms with E-state index in [4.69, 9.17) is 5.14 Å². The second-order valence-corrected chi connectivity index (χ2v) is 4.50. The van der Waals surface area contributed by atoms with Crippen molar-refractivity contribution in [3.8, 4) is 0 Å². The van der Waals surface area contributed by atoms with Gasteiger partial charge in [0.05, 0.1) is 11.0 Å². The van der Waals surface area contributed by atoms with Crippen LogP contribution in [0.1, 0.15) is 38.5 Å². The highest BCUT2D eigenvalue weighted by molar-refractivity contribution is 7.82. The van der Waals surface area contributed by atoms with Gasteiger partial charge in [0.25, 0.3) is 0 Å². The van der Waals surface area contributed by atoms with Gasteiger partial charge in [-0.3, -0.25) is 5.14 Å². The summed E-state index contributed by atoms with van der Waals surface area (Å²) in [6.07, 6.45) is 7.80. The molecule has 66 valence electrons. The highest BCUT2D eigenvalue weighted by Crippen LogP contribution is 2.22. The van der Waals surface area contributed by atoms with E-state index in [-0.39, 0.29) is 0 Å². The fourth-order valence-corrected chi connectivity index (χ4v) is 2.56. The molecule has 0 radical (unpaired) electrons. The van der Waals surface area contributed by atoms with Crippen molar-refractivity contribution in [2.75, 3.05) is 5.75 Å². The number of hydrogen-bond acceptors (Lipinski definition) is 1. The van der Waals surface area contributed by atoms with Crippen LogP contribution in [0.5, 0.6) is 0 Å². The van der Waals surface area contributed by atoms with E-state index < -0.39 is 11.0 Å². The maximum absolute atomic E-state index is 10.7. The first kappa shape index (κ1) is 9.20. The maximum atomic E-state index is 10.7. The predicted octanol–water partition coefficient (Wildman–Crippen LogP) is 1.58. The van der Waals surface area contributed by atoms with Crippen LogP contribution in [0, 0.1) is 5.92 Å². The van der Waals surface area contributed by atoms with Crippen molar-refractivity contribution in [3.63, 3.8) is 0 Å². The fraction of sp³-hybridized carbons (Fsp3) is 1.00. The van der Waals surface area contributed by atoms with Crippen LogP contribution < -0.4 is 5.14 Å². The number of hydrogen-bond donors (Lipinski definition) is 1. The van der Waals surface area contributed by atoms with E-state index in [9.17, 15) is 4.21 Å². The standard InChI is InChI=1S/C8H17NOS/c9-11(10)7-8-5-3-1-2-4-6-8/h8H,1-7,9H2/t11-/m1/s1. The molecule has 0 bridgehead atoms. The molecule has 1 fully saturated rings. The van der Waals surface area contributed by atoms with Gasteiger partial charge in [-0.25, -0.2) is 4.21 Å². The summed E-state index contributed by atoms with van der Waals surface area (Å²) >= 11 is 0. The lowest BCUT2D eigenvalue weighted by molar-refractivity contribution is 0.507. The third-order valence-electron chi connectivity index (χ3n) is 2.37. The Bertz CT molecular complexity index is 130. The summed E-state index contributed by atoms with van der Waals surface area (Å²) in [4.78, 5) is 0. The molecule has 1 saturated carbocycles. The van der Waals surface area contributed by atoms with Crippen LogP contribution in [0.4, 0.5) is 0 Å². The Labute approximate surface area is 71.1 Å². The van der Waals surface area contributed by atoms with Gasteiger partial charge in [0.1, 0.15) is 0 Å². The van der Waals surface area contributed by atoms with Crippen molar-refractivity contribution >= 4 is 11.0 Å². The van der Waals surface area contributed by atoms with Crippen LogP contribution in [-0.4, -0.2) is 9.96 Å². The molecule has 1 rings (SSSR count). The van der Waals surface area contributed by atoms with Crippen molar-refractivity contribution in [1.29, 1.82) is 0 Å². The Kier molecular flexibility index (Phi) is 4.08. The average molecular weight is 175 g/mol. The summed E-state index contributed by atoms with van der Waals surface area (Å²) in [5, 5.41) is 5.25. The van der Waals surface area contributed by atoms with Crippen molar-refractivity contribution < 1.29 is 4.21 Å². The molecule has 2 nitrogen and oxygen atoms in total. The molecule has 2 N–H and O–H groups in total. The van der Waals surface area contributed by atoms with Gasteiger partial charge in [-0.05, 0) is 18.8 Å². The van der Waals surface area contributed by atoms with Gasteiger partial charge in [0.15, 0.2) is 0 Å². The Balaban J connectivity index is 2.25. The molecule has 1 atom stereocenters. The third kappa shape index (κ3) is 3.87. The second-order valence-electron chi connectivity index (χ2n) is 3.40. The minimum absolute atomic E-state index is 0.642. The zero-order valence-corrected chi connectivity index (χ0v) is 7.74. The van der Waals surface area contributed by atoms with Crippen molar-refractivity contribution in [2.45, 2.75) is 38.5 Å². The van der Waals surface area contributed by atoms with Crippen molar-refractivity contribution in [1.82, 2.24) is 0 Å². The summed E-state index contributed by atoms with van der Waals surface area (Å²) in [5.74, 6) is 1.36. The summed E-state index contributed by atoms with van der Waals surface area (Å²) in [6, 6.07) is 0. The van der Waals surface area contributed by atoms with Gasteiger partial charge in [0.2, 0.25) is 0 Å². The van der Waals surface area contributed by atoms with Crippen molar-refractivity contribution in [2.24, 2.45) is 11.1 Å². The summed E-state index contributed by atoms with van der Waals surface area (Å²) in [6.45, 7) is 0. The summed E-state index contributed by atoms with van der Waals surface area (Å²) in [7, 11) is -1.07. The van der Waals surface area contributed by atoms with Gasteiger partial charge < -0.3 is 0 Å². The van der Waals surface area contributed by atoms with Crippen LogP contribution in [0.15, 0.2) is 0 Å². The minimum Gasteiger partial charge on any atom is -0.252 e. The van der Waals surface area contributed by atoms with Crippen LogP contribution >= 0.6 is 0 Å². The van der Waals surface area contributed by atoms with E-state index in [0.29, 0.717) is 5.92 Å². The molecular weight excluding hydrogens is 158 g/mol. The monoisotopic (exact) mass is 175 g/mol. The number of nitrogens with two attached hydrogens (primary N) is 1. The van der Waals surface area contributed by atoms with E-state index in [1.807, 2.05) is 0 Å². The quantitative estimate of drug-likeness (QED) is 0.636. The van der Waals surface area contributed by atoms with Crippen LogP contribution in [0.3, 0.4) is 0 Å². The van der Waals surface area contributed by atoms with Crippen molar-refractivity contribution in [3.05, 3.63) is 0 Å². The SMILES string of the molecule is N[S@](=O)CC1CCCCCC1. The Morgan fingerprint density at radius 1 is 1.18 bits per heavy atom. The maximum Gasteiger partial charge on any atom is 0.0890 e. The summed E-state index contributed by atoms with van der Waals surface area (Å²) in [5.41, 5.74) is 0. The molecule has 0 aromatic rings. The largest absolute Gasteiger partial charge is 0.252 e. The topological polar surface area (TPSA) is 43.1 Å². The fourth-order valence-electron chi connectivity index (χ4n) is 1.76. The molecule has 3 heteroatoms. The Hall–Kier alpha value is 0.110. The van der Waals surface area contributed by atoms with Crippen LogP contribution in [0.25, 0.3) is 0 Å². The molecule has 1 aliphatic rings. The first-order valence-corrected chi connectivity index (χ1v) is 5.80. The Morgan fingerprint density at radius 2 is 1.73 bits per heavy atom.